The molecule has 0 atom stereocenters. The van der Waals surface area contributed by atoms with Crippen LogP contribution in [0.4, 0.5) is 0 Å². The Bertz CT molecular complexity index is 1800. The summed E-state index contributed by atoms with van der Waals surface area (Å²) in [7, 11) is 0. The zero-order valence-corrected chi connectivity index (χ0v) is 21.9. The molecule has 0 aromatic heterocycles. The van der Waals surface area contributed by atoms with E-state index in [9.17, 15) is 9.59 Å². The number of hydrogen-bond donors (Lipinski definition) is 0. The molecule has 0 heterocycles. The Labute approximate surface area is 227 Å². The first-order valence-corrected chi connectivity index (χ1v) is 13.3. The van der Waals surface area contributed by atoms with Gasteiger partial charge >= 0.3 is 0 Å². The maximum atomic E-state index is 12.2. The zero-order chi connectivity index (χ0) is 26.7. The highest BCUT2D eigenvalue weighted by molar-refractivity contribution is 6.12. The zero-order valence-electron chi connectivity index (χ0n) is 21.9. The predicted molar refractivity (Wildman–Crippen MR) is 159 cm³/mol. The summed E-state index contributed by atoms with van der Waals surface area (Å²) < 4.78 is 0. The minimum Gasteiger partial charge on any atom is -0.295 e. The van der Waals surface area contributed by atoms with E-state index in [2.05, 4.69) is 97.1 Å². The Hall–Kier alpha value is -4.82. The molecule has 0 fully saturated rings. The second kappa shape index (κ2) is 8.61. The van der Waals surface area contributed by atoms with Crippen LogP contribution in [-0.2, 0) is 5.41 Å². The Balaban J connectivity index is 1.68. The van der Waals surface area contributed by atoms with Crippen molar-refractivity contribution < 1.29 is 9.59 Å². The van der Waals surface area contributed by atoms with E-state index in [1.165, 1.54) is 43.8 Å². The third-order valence-corrected chi connectivity index (χ3v) is 8.36. The summed E-state index contributed by atoms with van der Waals surface area (Å²) in [5.74, 6) is 0.0937. The van der Waals surface area contributed by atoms with Crippen molar-refractivity contribution in [3.63, 3.8) is 0 Å². The van der Waals surface area contributed by atoms with Crippen LogP contribution in [0.25, 0.3) is 32.7 Å². The summed E-state index contributed by atoms with van der Waals surface area (Å²) >= 11 is 0. The van der Waals surface area contributed by atoms with Crippen molar-refractivity contribution in [2.75, 3.05) is 0 Å². The number of benzene rings is 6. The van der Waals surface area contributed by atoms with Crippen molar-refractivity contribution in [1.29, 1.82) is 0 Å². The molecule has 0 saturated carbocycles. The molecule has 2 nitrogen and oxygen atoms in total. The molecule has 0 radical (unpaired) electrons. The highest BCUT2D eigenvalue weighted by Crippen LogP contribution is 2.59. The standard InChI is InChI=1S/C37H26O2/c1-23(38)25-11-17-29(18-12-25)37(30-19-13-26(14-20-30)24(2)39)33-21-15-27-7-3-5-9-31(27)35(33)36-32-10-6-4-8-28(32)16-22-34(36)37/h3-22H,1-2H3. The van der Waals surface area contributed by atoms with Crippen molar-refractivity contribution in [2.24, 2.45) is 0 Å². The number of Topliss-reactive ketones (excluding diaryl/α,β-unsaturated/α-hetero) is 2. The molecule has 0 amide bonds. The highest BCUT2D eigenvalue weighted by Gasteiger charge is 2.47. The molecular formula is C37H26O2. The average molecular weight is 503 g/mol. The lowest BCUT2D eigenvalue weighted by Gasteiger charge is -2.34. The van der Waals surface area contributed by atoms with E-state index in [1.54, 1.807) is 13.8 Å². The molecule has 0 bridgehead atoms. The maximum Gasteiger partial charge on any atom is 0.159 e. The van der Waals surface area contributed by atoms with Gasteiger partial charge in [0.2, 0.25) is 0 Å². The average Bonchev–Trinajstić information content (AvgIpc) is 3.29. The van der Waals surface area contributed by atoms with E-state index < -0.39 is 5.41 Å². The fraction of sp³-hybridized carbons (Fsp3) is 0.0811. The van der Waals surface area contributed by atoms with Gasteiger partial charge in [-0.1, -0.05) is 121 Å². The van der Waals surface area contributed by atoms with Gasteiger partial charge in [0.1, 0.15) is 0 Å². The van der Waals surface area contributed by atoms with Crippen LogP contribution >= 0.6 is 0 Å². The molecule has 0 N–H and O–H groups in total. The summed E-state index contributed by atoms with van der Waals surface area (Å²) in [5.41, 5.74) is 7.84. The Morgan fingerprint density at radius 3 is 1.23 bits per heavy atom. The quantitative estimate of drug-likeness (QED) is 0.225. The van der Waals surface area contributed by atoms with Crippen LogP contribution in [0.2, 0.25) is 0 Å². The van der Waals surface area contributed by atoms with Crippen LogP contribution in [0, 0.1) is 0 Å². The van der Waals surface area contributed by atoms with Gasteiger partial charge in [0.25, 0.3) is 0 Å². The molecule has 1 aliphatic carbocycles. The van der Waals surface area contributed by atoms with Crippen molar-refractivity contribution in [3.8, 4) is 11.1 Å². The third kappa shape index (κ3) is 3.28. The minimum atomic E-state index is -0.622. The monoisotopic (exact) mass is 502 g/mol. The van der Waals surface area contributed by atoms with Crippen molar-refractivity contribution in [1.82, 2.24) is 0 Å². The number of carbonyl (C=O) groups is 2. The van der Waals surface area contributed by atoms with Gasteiger partial charge < -0.3 is 0 Å². The van der Waals surface area contributed by atoms with Crippen LogP contribution in [-0.4, -0.2) is 11.6 Å². The van der Waals surface area contributed by atoms with Gasteiger partial charge in [0.15, 0.2) is 11.6 Å². The molecule has 0 aliphatic heterocycles. The van der Waals surface area contributed by atoms with Crippen molar-refractivity contribution >= 4 is 33.1 Å². The first-order chi connectivity index (χ1) is 19.0. The van der Waals surface area contributed by atoms with Crippen molar-refractivity contribution in [2.45, 2.75) is 19.3 Å². The molecule has 0 spiro atoms. The van der Waals surface area contributed by atoms with Gasteiger partial charge in [-0.25, -0.2) is 0 Å². The molecule has 1 aliphatic rings. The topological polar surface area (TPSA) is 34.1 Å². The van der Waals surface area contributed by atoms with Crippen molar-refractivity contribution in [3.05, 3.63) is 155 Å². The second-order valence-electron chi connectivity index (χ2n) is 10.4. The lowest BCUT2D eigenvalue weighted by molar-refractivity contribution is 0.100. The van der Waals surface area contributed by atoms with E-state index in [0.717, 1.165) is 11.1 Å². The smallest absolute Gasteiger partial charge is 0.159 e. The van der Waals surface area contributed by atoms with Crippen LogP contribution in [0.3, 0.4) is 0 Å². The van der Waals surface area contributed by atoms with Crippen LogP contribution in [0.1, 0.15) is 56.8 Å². The molecule has 6 aromatic carbocycles. The van der Waals surface area contributed by atoms with E-state index in [0.29, 0.717) is 11.1 Å². The van der Waals surface area contributed by atoms with Gasteiger partial charge in [-0.3, -0.25) is 9.59 Å². The van der Waals surface area contributed by atoms with Gasteiger partial charge in [-0.2, -0.15) is 0 Å². The lowest BCUT2D eigenvalue weighted by Crippen LogP contribution is -2.28. The Kier molecular flexibility index (Phi) is 5.14. The molecule has 0 unspecified atom stereocenters. The number of hydrogen-bond acceptors (Lipinski definition) is 2. The van der Waals surface area contributed by atoms with E-state index in [1.807, 2.05) is 24.3 Å². The van der Waals surface area contributed by atoms with Crippen LogP contribution in [0.5, 0.6) is 0 Å². The van der Waals surface area contributed by atoms with Crippen LogP contribution in [0.15, 0.2) is 121 Å². The minimum absolute atomic E-state index is 0.0469. The molecule has 0 saturated heterocycles. The van der Waals surface area contributed by atoms with Gasteiger partial charge in [-0.15, -0.1) is 0 Å². The Morgan fingerprint density at radius 2 is 0.846 bits per heavy atom. The van der Waals surface area contributed by atoms with Gasteiger partial charge in [0.05, 0.1) is 5.41 Å². The maximum absolute atomic E-state index is 12.2. The summed E-state index contributed by atoms with van der Waals surface area (Å²) in [5, 5.41) is 4.83. The highest BCUT2D eigenvalue weighted by atomic mass is 16.1. The molecule has 2 heteroatoms. The fourth-order valence-electron chi connectivity index (χ4n) is 6.55. The van der Waals surface area contributed by atoms with Crippen LogP contribution < -0.4 is 0 Å². The Morgan fingerprint density at radius 1 is 0.462 bits per heavy atom. The molecule has 7 rings (SSSR count). The number of fused-ring (bicyclic) bond motifs is 7. The number of carbonyl (C=O) groups excluding carboxylic acids is 2. The lowest BCUT2D eigenvalue weighted by atomic mass is 9.67. The first-order valence-electron chi connectivity index (χ1n) is 13.3. The normalized spacial score (nSPS) is 13.3. The molecular weight excluding hydrogens is 476 g/mol. The summed E-state index contributed by atoms with van der Waals surface area (Å²) in [4.78, 5) is 24.4. The largest absolute Gasteiger partial charge is 0.295 e. The molecule has 6 aromatic rings. The predicted octanol–water partition coefficient (Wildman–Crippen LogP) is 8.76. The summed E-state index contributed by atoms with van der Waals surface area (Å²) in [6, 6.07) is 42.2. The van der Waals surface area contributed by atoms with Gasteiger partial charge in [-0.05, 0) is 68.8 Å². The van der Waals surface area contributed by atoms with E-state index >= 15 is 0 Å². The first kappa shape index (κ1) is 23.3. The number of rotatable bonds is 4. The third-order valence-electron chi connectivity index (χ3n) is 8.36. The fourth-order valence-corrected chi connectivity index (χ4v) is 6.55. The van der Waals surface area contributed by atoms with Gasteiger partial charge in [0, 0.05) is 11.1 Å². The summed E-state index contributed by atoms with van der Waals surface area (Å²) in [6.45, 7) is 3.20. The van der Waals surface area contributed by atoms with E-state index in [-0.39, 0.29) is 11.6 Å². The molecule has 186 valence electrons. The summed E-state index contributed by atoms with van der Waals surface area (Å²) in [6.07, 6.45) is 0. The SMILES string of the molecule is CC(=O)c1ccc(C2(c3ccc(C(C)=O)cc3)c3ccc4ccccc4c3-c3c2ccc2ccccc32)cc1. The molecule has 39 heavy (non-hydrogen) atoms. The van der Waals surface area contributed by atoms with E-state index in [4.69, 9.17) is 0 Å². The second-order valence-corrected chi connectivity index (χ2v) is 10.4. The number of ketones is 2.